The van der Waals surface area contributed by atoms with E-state index in [9.17, 15) is 8.78 Å². The van der Waals surface area contributed by atoms with Crippen LogP contribution in [0.3, 0.4) is 0 Å². The Balaban J connectivity index is 0.000000626. The molecule has 0 spiro atoms. The highest BCUT2D eigenvalue weighted by Crippen LogP contribution is 2.19. The lowest BCUT2D eigenvalue weighted by molar-refractivity contribution is 0.577. The number of benzene rings is 2. The Morgan fingerprint density at radius 2 is 1.56 bits per heavy atom. The van der Waals surface area contributed by atoms with Crippen molar-refractivity contribution in [3.05, 3.63) is 95.7 Å². The molecule has 0 atom stereocenters. The predicted octanol–water partition coefficient (Wildman–Crippen LogP) is 7.31. The maximum Gasteiger partial charge on any atom is 0.133 e. The Morgan fingerprint density at radius 1 is 1.00 bits per heavy atom. The molecule has 4 heteroatoms. The van der Waals surface area contributed by atoms with Crippen LogP contribution >= 0.6 is 0 Å². The number of nitrogens with one attached hydrogen (secondary N) is 1. The molecule has 2 aromatic carbocycles. The lowest BCUT2D eigenvalue weighted by Crippen LogP contribution is -2.00. The molecule has 2 rings (SSSR count). The van der Waals surface area contributed by atoms with Crippen LogP contribution in [-0.2, 0) is 0 Å². The fraction of sp³-hybridized carbons (Fsp3) is 0.250. The largest absolute Gasteiger partial charge is 0.394 e. The van der Waals surface area contributed by atoms with Gasteiger partial charge in [-0.05, 0) is 62.7 Å². The van der Waals surface area contributed by atoms with Crippen LogP contribution in [0.25, 0.3) is 11.1 Å². The average molecular weight is 437 g/mol. The molecule has 2 nitrogen and oxygen atoms in total. The maximum atomic E-state index is 12.8. The highest BCUT2D eigenvalue weighted by molar-refractivity contribution is 5.85. The molecule has 0 aliphatic heterocycles. The SMILES string of the molecule is C#C.C/C=C(\CN=C(C)C/C(C)=C\NC)c1ccccc1.C=C(C)c1c(F)cccc1F. The summed E-state index contributed by atoms with van der Waals surface area (Å²) in [4.78, 5) is 4.67. The van der Waals surface area contributed by atoms with Gasteiger partial charge in [0.2, 0.25) is 0 Å². The van der Waals surface area contributed by atoms with Crippen molar-refractivity contribution in [2.24, 2.45) is 4.99 Å². The first-order chi connectivity index (χ1) is 15.3. The molecule has 0 aromatic heterocycles. The molecule has 2 aromatic rings. The summed E-state index contributed by atoms with van der Waals surface area (Å²) in [7, 11) is 1.92. The van der Waals surface area contributed by atoms with E-state index in [4.69, 9.17) is 0 Å². The summed E-state index contributed by atoms with van der Waals surface area (Å²) in [6, 6.07) is 14.2. The molecular weight excluding hydrogens is 402 g/mol. The molecule has 170 valence electrons. The van der Waals surface area contributed by atoms with Crippen LogP contribution in [0.5, 0.6) is 0 Å². The van der Waals surface area contributed by atoms with E-state index in [0.29, 0.717) is 5.57 Å². The van der Waals surface area contributed by atoms with Gasteiger partial charge in [-0.1, -0.05) is 54.6 Å². The molecular formula is C28H34F2N2. The fourth-order valence-corrected chi connectivity index (χ4v) is 2.88. The standard InChI is InChI=1S/C17H24N2.C9H8F2.C2H2/c1-5-16(17-9-7-6-8-10-17)13-19-15(3)11-14(2)12-18-4;1-6(2)9-7(10)4-3-5-8(9)11;1-2/h5-10,12,18H,11,13H2,1-4H3;3-5H,1H2,2H3;1-2H/b14-12-,16-5+,19-15?;;. The summed E-state index contributed by atoms with van der Waals surface area (Å²) in [6.07, 6.45) is 13.1. The predicted molar refractivity (Wildman–Crippen MR) is 136 cm³/mol. The number of hydrogen-bond donors (Lipinski definition) is 1. The van der Waals surface area contributed by atoms with Crippen molar-refractivity contribution in [1.29, 1.82) is 0 Å². The summed E-state index contributed by atoms with van der Waals surface area (Å²) < 4.78 is 25.6. The van der Waals surface area contributed by atoms with Crippen LogP contribution in [0, 0.1) is 24.5 Å². The number of aliphatic imine (C=N–C) groups is 1. The van der Waals surface area contributed by atoms with E-state index in [-0.39, 0.29) is 5.56 Å². The molecule has 0 saturated carbocycles. The summed E-state index contributed by atoms with van der Waals surface area (Å²) >= 11 is 0. The second kappa shape index (κ2) is 16.3. The van der Waals surface area contributed by atoms with Crippen molar-refractivity contribution in [1.82, 2.24) is 5.32 Å². The summed E-state index contributed by atoms with van der Waals surface area (Å²) in [6.45, 7) is 12.1. The van der Waals surface area contributed by atoms with Gasteiger partial charge in [0.15, 0.2) is 0 Å². The average Bonchev–Trinajstić information content (AvgIpc) is 2.76. The molecule has 0 aliphatic carbocycles. The zero-order valence-electron chi connectivity index (χ0n) is 19.8. The Hall–Kier alpha value is -3.45. The van der Waals surface area contributed by atoms with Crippen molar-refractivity contribution in [3.8, 4) is 12.8 Å². The minimum Gasteiger partial charge on any atom is -0.394 e. The third-order valence-corrected chi connectivity index (χ3v) is 4.33. The number of terminal acetylenes is 1. The third-order valence-electron chi connectivity index (χ3n) is 4.33. The lowest BCUT2D eigenvalue weighted by Gasteiger charge is -2.06. The van der Waals surface area contributed by atoms with Crippen molar-refractivity contribution in [3.63, 3.8) is 0 Å². The first-order valence-corrected chi connectivity index (χ1v) is 10.3. The van der Waals surface area contributed by atoms with Crippen molar-refractivity contribution in [2.45, 2.75) is 34.1 Å². The van der Waals surface area contributed by atoms with Crippen LogP contribution in [0.15, 0.2) is 78.0 Å². The number of halogens is 2. The van der Waals surface area contributed by atoms with Gasteiger partial charge < -0.3 is 5.32 Å². The molecule has 1 N–H and O–H groups in total. The summed E-state index contributed by atoms with van der Waals surface area (Å²) in [5, 5.41) is 3.05. The van der Waals surface area contributed by atoms with Crippen LogP contribution < -0.4 is 5.32 Å². The van der Waals surface area contributed by atoms with Gasteiger partial charge in [-0.2, -0.15) is 0 Å². The van der Waals surface area contributed by atoms with Gasteiger partial charge in [0.05, 0.1) is 6.54 Å². The second-order valence-corrected chi connectivity index (χ2v) is 7.06. The smallest absolute Gasteiger partial charge is 0.133 e. The Labute approximate surface area is 192 Å². The fourth-order valence-electron chi connectivity index (χ4n) is 2.88. The second-order valence-electron chi connectivity index (χ2n) is 7.06. The number of rotatable bonds is 7. The van der Waals surface area contributed by atoms with E-state index in [1.807, 2.05) is 19.3 Å². The van der Waals surface area contributed by atoms with E-state index in [2.05, 4.69) is 80.8 Å². The summed E-state index contributed by atoms with van der Waals surface area (Å²) in [5.74, 6) is -1.12. The normalized spacial score (nSPS) is 11.5. The first-order valence-electron chi connectivity index (χ1n) is 10.3. The zero-order chi connectivity index (χ0) is 24.5. The van der Waals surface area contributed by atoms with Gasteiger partial charge in [-0.15, -0.1) is 12.8 Å². The van der Waals surface area contributed by atoms with Gasteiger partial charge in [0.25, 0.3) is 0 Å². The van der Waals surface area contributed by atoms with E-state index >= 15 is 0 Å². The molecule has 0 fully saturated rings. The Bertz CT molecular complexity index is 932. The van der Waals surface area contributed by atoms with Crippen molar-refractivity contribution < 1.29 is 8.78 Å². The van der Waals surface area contributed by atoms with E-state index in [1.165, 1.54) is 40.6 Å². The van der Waals surface area contributed by atoms with Gasteiger partial charge >= 0.3 is 0 Å². The molecule has 0 amide bonds. The minimum absolute atomic E-state index is 0.0208. The third kappa shape index (κ3) is 10.5. The molecule has 0 radical (unpaired) electrons. The monoisotopic (exact) mass is 436 g/mol. The first kappa shape index (κ1) is 28.5. The minimum atomic E-state index is -0.558. The van der Waals surface area contributed by atoms with Gasteiger partial charge in [-0.3, -0.25) is 4.99 Å². The Morgan fingerprint density at radius 3 is 2.00 bits per heavy atom. The van der Waals surface area contributed by atoms with Gasteiger partial charge in [-0.25, -0.2) is 8.78 Å². The van der Waals surface area contributed by atoms with Gasteiger partial charge in [0.1, 0.15) is 11.6 Å². The highest BCUT2D eigenvalue weighted by atomic mass is 19.1. The van der Waals surface area contributed by atoms with Crippen LogP contribution in [0.1, 0.15) is 45.2 Å². The van der Waals surface area contributed by atoms with E-state index < -0.39 is 11.6 Å². The van der Waals surface area contributed by atoms with E-state index in [0.717, 1.165) is 13.0 Å². The topological polar surface area (TPSA) is 24.4 Å². The molecule has 0 bridgehead atoms. The molecule has 0 unspecified atom stereocenters. The zero-order valence-corrected chi connectivity index (χ0v) is 19.8. The highest BCUT2D eigenvalue weighted by Gasteiger charge is 2.07. The molecule has 0 saturated heterocycles. The quantitative estimate of drug-likeness (QED) is 0.357. The number of allylic oxidation sites excluding steroid dienone is 3. The lowest BCUT2D eigenvalue weighted by atomic mass is 10.1. The van der Waals surface area contributed by atoms with Crippen molar-refractivity contribution in [2.75, 3.05) is 13.6 Å². The van der Waals surface area contributed by atoms with Gasteiger partial charge in [0, 0.05) is 24.7 Å². The van der Waals surface area contributed by atoms with Crippen LogP contribution in [-0.4, -0.2) is 19.3 Å². The number of nitrogens with zero attached hydrogens (tertiary/aromatic N) is 1. The van der Waals surface area contributed by atoms with Crippen molar-refractivity contribution >= 4 is 16.9 Å². The Kier molecular flexibility index (Phi) is 14.5. The molecule has 0 aliphatic rings. The van der Waals surface area contributed by atoms with Crippen LogP contribution in [0.4, 0.5) is 8.78 Å². The van der Waals surface area contributed by atoms with E-state index in [1.54, 1.807) is 6.92 Å². The maximum absolute atomic E-state index is 12.8. The molecule has 32 heavy (non-hydrogen) atoms. The number of hydrogen-bond acceptors (Lipinski definition) is 2. The molecule has 0 heterocycles. The summed E-state index contributed by atoms with van der Waals surface area (Å²) in [5.41, 5.74) is 5.37. The van der Waals surface area contributed by atoms with Crippen LogP contribution in [0.2, 0.25) is 0 Å².